The van der Waals surface area contributed by atoms with Gasteiger partial charge < -0.3 is 57.2 Å². The monoisotopic (exact) mass is 1890 g/mol. The van der Waals surface area contributed by atoms with E-state index in [0.29, 0.717) is 93.4 Å². The number of rotatable bonds is 27. The van der Waals surface area contributed by atoms with Crippen molar-refractivity contribution in [1.29, 1.82) is 0 Å². The fourth-order valence-electron chi connectivity index (χ4n) is 15.4. The molecule has 0 aliphatic heterocycles. The molecule has 5 aromatic heterocycles. The van der Waals surface area contributed by atoms with Gasteiger partial charge in [0, 0.05) is 59.4 Å². The minimum atomic E-state index is -0.207. The first-order valence-corrected chi connectivity index (χ1v) is 47.5. The lowest BCUT2D eigenvalue weighted by molar-refractivity contribution is -0.119. The average Bonchev–Trinajstić information content (AvgIpc) is 0.815. The quantitative estimate of drug-likeness (QED) is 0.0228. The van der Waals surface area contributed by atoms with E-state index in [1.807, 2.05) is 210 Å². The maximum Gasteiger partial charge on any atom is 0.229 e. The summed E-state index contributed by atoms with van der Waals surface area (Å²) in [5.74, 6) is 3.75. The predicted octanol–water partition coefficient (Wildman–Crippen LogP) is 24.7. The van der Waals surface area contributed by atoms with Crippen LogP contribution in [0.2, 0.25) is 0 Å². The van der Waals surface area contributed by atoms with E-state index in [4.69, 9.17) is 9.97 Å². The normalized spacial score (nSPS) is 12.7. The highest BCUT2D eigenvalue weighted by Gasteiger charge is 2.25. The number of aromatic hydroxyl groups is 6. The Morgan fingerprint density at radius 2 is 0.613 bits per heavy atom. The highest BCUT2D eigenvalue weighted by molar-refractivity contribution is 5.96. The molecule has 142 heavy (non-hydrogen) atoms. The summed E-state index contributed by atoms with van der Waals surface area (Å²) in [6.07, 6.45) is 36.7. The van der Waals surface area contributed by atoms with Gasteiger partial charge in [-0.3, -0.25) is 24.0 Å². The molecule has 11 N–H and O–H groups in total. The number of hydrogen-bond acceptors (Lipinski definition) is 21. The lowest BCUT2D eigenvalue weighted by Gasteiger charge is -2.23. The molecule has 15 aromatic rings. The highest BCUT2D eigenvalue weighted by atomic mass is 16.3. The minimum Gasteiger partial charge on any atom is -0.508 e. The zero-order valence-electron chi connectivity index (χ0n) is 79.8. The van der Waals surface area contributed by atoms with Gasteiger partial charge in [0.2, 0.25) is 29.5 Å². The topological polar surface area (TPSA) is 396 Å². The summed E-state index contributed by atoms with van der Waals surface area (Å²) in [6.45, 7) is 9.28. The van der Waals surface area contributed by atoms with Crippen molar-refractivity contribution in [2.45, 2.75) is 130 Å². The Balaban J connectivity index is 0.000000149. The van der Waals surface area contributed by atoms with Crippen LogP contribution in [-0.4, -0.2) is 110 Å². The van der Waals surface area contributed by atoms with Crippen LogP contribution in [0.5, 0.6) is 34.5 Å². The lowest BCUT2D eigenvalue weighted by atomic mass is 9.86. The molecule has 2 fully saturated rings. The summed E-state index contributed by atoms with van der Waals surface area (Å²) in [4.78, 5) is 107. The Morgan fingerprint density at radius 3 is 0.937 bits per heavy atom. The Hall–Kier alpha value is -17.3. The standard InChI is InChI=1S/C26H27N3O2.C24H25N3O3.2C23H23N3O2.C20H17N3O2/c30-22-14-12-21(13-15-22)24-18-27-26(29-25(31)17-20-9-5-2-6-10-20)23(28-24)16-11-19-7-3-1-4-8-19;28-19-10-6-16(7-11-19)14-22(30)27-24-23(18-4-2-1-3-5-18)26-21(15-25-24)17-8-12-20(29)13-9-17;1-16(2)14-22(28)26-23-20(13-8-17-6-4-3-5-7-17)25-21(15-24-23)18-9-11-19(27)12-10-18;1-3-16(2)23(28)26-22-20(14-9-17-7-5-4-6-8-17)25-21(15-24-22)18-10-12-19(27)13-11-18;1-14(24)22-20-18(12-7-15-5-3-2-4-6-15)23-19(13-21-20)16-8-10-17(25)11-9-16/h1,3-4,7-8,11-16,18,20,30H,2,5-6,9-10,17H2,(H,27,29,31);6-13,15,18,28-29H,1-5,14H2,(H,25,27,30);3-13,15-16,27H,14H2,1-2H3,(H,24,26,28);4-16,27H,3H2,1-2H3,(H,24,26,28);2-13,25H,1H3,(H,21,22,24)/b16-11+;;13-8+;14-9+;12-7+. The largest absolute Gasteiger partial charge is 0.508 e. The zero-order valence-corrected chi connectivity index (χ0v) is 79.8. The molecule has 26 nitrogen and oxygen atoms in total. The average molecular weight is 1900 g/mol. The van der Waals surface area contributed by atoms with Crippen LogP contribution < -0.4 is 26.6 Å². The number of hydrogen-bond donors (Lipinski definition) is 11. The van der Waals surface area contributed by atoms with E-state index in [9.17, 15) is 54.6 Å². The number of benzene rings is 10. The molecule has 2 saturated carbocycles. The third-order valence-electron chi connectivity index (χ3n) is 23.2. The van der Waals surface area contributed by atoms with Crippen LogP contribution in [0.1, 0.15) is 180 Å². The van der Waals surface area contributed by atoms with E-state index in [1.165, 1.54) is 32.6 Å². The van der Waals surface area contributed by atoms with Crippen molar-refractivity contribution >= 4 is 107 Å². The highest BCUT2D eigenvalue weighted by Crippen LogP contribution is 2.38. The van der Waals surface area contributed by atoms with E-state index in [0.717, 1.165) is 112 Å². The van der Waals surface area contributed by atoms with Crippen molar-refractivity contribution in [3.63, 3.8) is 0 Å². The fourth-order valence-corrected chi connectivity index (χ4v) is 15.4. The van der Waals surface area contributed by atoms with Gasteiger partial charge in [0.15, 0.2) is 29.1 Å². The van der Waals surface area contributed by atoms with E-state index >= 15 is 0 Å². The molecule has 2 aliphatic carbocycles. The SMILES string of the molecule is CC(=O)Nc1ncc(-c2ccc(O)cc2)nc1/C=C/c1ccccc1.CC(C)CC(=O)Nc1ncc(-c2ccc(O)cc2)nc1/C=C/c1ccccc1.CCC(C)C(=O)Nc1ncc(-c2ccc(O)cc2)nc1/C=C/c1ccccc1.O=C(CC1CCCCC1)Nc1ncc(-c2ccc(O)cc2)nc1/C=C/c1ccccc1.O=C(Cc1ccc(O)cc1)Nc1ncc(-c2ccc(O)cc2)nc1C1CCCCC1. The Labute approximate surface area is 826 Å². The summed E-state index contributed by atoms with van der Waals surface area (Å²) in [5.41, 5.74) is 15.7. The molecular weight excluding hydrogens is 1780 g/mol. The molecular formula is C116H115N15O11. The molecule has 720 valence electrons. The molecule has 17 rings (SSSR count). The van der Waals surface area contributed by atoms with E-state index in [1.54, 1.807) is 164 Å². The van der Waals surface area contributed by atoms with Gasteiger partial charge in [-0.05, 0) is 230 Å². The number of anilines is 5. The van der Waals surface area contributed by atoms with Crippen LogP contribution in [0.3, 0.4) is 0 Å². The lowest BCUT2D eigenvalue weighted by Crippen LogP contribution is -2.21. The summed E-state index contributed by atoms with van der Waals surface area (Å²) < 4.78 is 0. The number of nitrogens with zero attached hydrogens (tertiary/aromatic N) is 10. The maximum atomic E-state index is 12.7. The van der Waals surface area contributed by atoms with Gasteiger partial charge in [0.1, 0.15) is 57.3 Å². The van der Waals surface area contributed by atoms with E-state index in [-0.39, 0.29) is 88.2 Å². The second-order valence-corrected chi connectivity index (χ2v) is 34.8. The molecule has 10 aromatic carbocycles. The van der Waals surface area contributed by atoms with Crippen molar-refractivity contribution in [1.82, 2.24) is 49.8 Å². The third kappa shape index (κ3) is 32.2. The summed E-state index contributed by atoms with van der Waals surface area (Å²) in [7, 11) is 0. The van der Waals surface area contributed by atoms with E-state index in [2.05, 4.69) is 66.5 Å². The van der Waals surface area contributed by atoms with Gasteiger partial charge in [0.25, 0.3) is 0 Å². The van der Waals surface area contributed by atoms with Crippen molar-refractivity contribution in [3.8, 4) is 90.8 Å². The van der Waals surface area contributed by atoms with Crippen LogP contribution in [0.4, 0.5) is 29.1 Å². The van der Waals surface area contributed by atoms with Crippen LogP contribution in [0, 0.1) is 17.8 Å². The summed E-state index contributed by atoms with van der Waals surface area (Å²) >= 11 is 0. The van der Waals surface area contributed by atoms with Gasteiger partial charge in [0.05, 0.1) is 71.6 Å². The number of carbonyl (C=O) groups excluding carboxylic acids is 5. The molecule has 0 spiro atoms. The molecule has 5 amide bonds. The molecule has 5 heterocycles. The number of nitrogens with one attached hydrogen (secondary N) is 5. The predicted molar refractivity (Wildman–Crippen MR) is 564 cm³/mol. The fraction of sp³-hybridized carbons (Fsp3) is 0.198. The Kier molecular flexibility index (Phi) is 37.6. The van der Waals surface area contributed by atoms with Crippen molar-refractivity contribution in [3.05, 3.63) is 354 Å². The smallest absolute Gasteiger partial charge is 0.229 e. The molecule has 1 atom stereocenters. The molecule has 2 aliphatic rings. The zero-order chi connectivity index (χ0) is 99.9. The molecule has 0 radical (unpaired) electrons. The minimum absolute atomic E-state index is 0.00653. The van der Waals surface area contributed by atoms with Crippen molar-refractivity contribution in [2.75, 3.05) is 26.6 Å². The number of amides is 5. The summed E-state index contributed by atoms with van der Waals surface area (Å²) in [6, 6.07) is 80.1. The molecule has 26 heteroatoms. The molecule has 0 saturated heterocycles. The van der Waals surface area contributed by atoms with Gasteiger partial charge in [-0.15, -0.1) is 0 Å². The van der Waals surface area contributed by atoms with Gasteiger partial charge >= 0.3 is 0 Å². The Bertz CT molecular complexity index is 6790. The number of phenols is 6. The third-order valence-corrected chi connectivity index (χ3v) is 23.2. The van der Waals surface area contributed by atoms with Crippen LogP contribution in [0.15, 0.2) is 298 Å². The second-order valence-electron chi connectivity index (χ2n) is 34.8. The molecule has 1 unspecified atom stereocenters. The van der Waals surface area contributed by atoms with Gasteiger partial charge in [-0.2, -0.15) is 0 Å². The summed E-state index contributed by atoms with van der Waals surface area (Å²) in [5, 5.41) is 71.3. The van der Waals surface area contributed by atoms with Crippen molar-refractivity contribution in [2.24, 2.45) is 17.8 Å². The second kappa shape index (κ2) is 52.3. The Morgan fingerprint density at radius 1 is 0.324 bits per heavy atom. The first kappa shape index (κ1) is 102. The first-order valence-electron chi connectivity index (χ1n) is 47.5. The van der Waals surface area contributed by atoms with E-state index < -0.39 is 0 Å². The number of phenolic OH excluding ortho intramolecular Hbond substituents is 6. The number of carbonyl (C=O) groups is 5. The molecule has 0 bridgehead atoms. The number of aromatic nitrogens is 10. The first-order chi connectivity index (χ1) is 68.9. The van der Waals surface area contributed by atoms with Crippen LogP contribution in [0.25, 0.3) is 105 Å². The van der Waals surface area contributed by atoms with Gasteiger partial charge in [-0.1, -0.05) is 224 Å². The van der Waals surface area contributed by atoms with Crippen LogP contribution in [-0.2, 0) is 30.4 Å². The maximum absolute atomic E-state index is 12.7. The van der Waals surface area contributed by atoms with Crippen LogP contribution >= 0.6 is 0 Å². The van der Waals surface area contributed by atoms with Gasteiger partial charge in [-0.25, -0.2) is 49.8 Å². The van der Waals surface area contributed by atoms with Crippen molar-refractivity contribution < 1.29 is 54.6 Å².